The number of carbonyl (C=O) groups is 1. The van der Waals surface area contributed by atoms with Crippen LogP contribution in [0.2, 0.25) is 0 Å². The fourth-order valence-corrected chi connectivity index (χ4v) is 2.08. The summed E-state index contributed by atoms with van der Waals surface area (Å²) in [6.07, 6.45) is -9.89. The van der Waals surface area contributed by atoms with Crippen molar-refractivity contribution in [1.82, 2.24) is 0 Å². The summed E-state index contributed by atoms with van der Waals surface area (Å²) in [5, 5.41) is 0. The van der Waals surface area contributed by atoms with Gasteiger partial charge in [0.05, 0.1) is 16.7 Å². The van der Waals surface area contributed by atoms with Gasteiger partial charge < -0.3 is 4.74 Å². The van der Waals surface area contributed by atoms with Crippen LogP contribution in [-0.4, -0.2) is 5.97 Å². The zero-order valence-corrected chi connectivity index (χ0v) is 13.0. The third kappa shape index (κ3) is 4.32. The zero-order chi connectivity index (χ0) is 19.0. The normalized spacial score (nSPS) is 12.2. The molecule has 2 aromatic carbocycles. The monoisotopic (exact) mass is 362 g/mol. The van der Waals surface area contributed by atoms with Crippen LogP contribution in [-0.2, 0) is 12.4 Å². The lowest BCUT2D eigenvalue weighted by Crippen LogP contribution is -2.19. The Morgan fingerprint density at radius 1 is 0.840 bits per heavy atom. The molecule has 134 valence electrons. The number of halogens is 6. The van der Waals surface area contributed by atoms with Crippen molar-refractivity contribution in [2.24, 2.45) is 0 Å². The van der Waals surface area contributed by atoms with Crippen LogP contribution in [0.5, 0.6) is 5.75 Å². The van der Waals surface area contributed by atoms with Crippen LogP contribution >= 0.6 is 0 Å². The first kappa shape index (κ1) is 18.8. The van der Waals surface area contributed by atoms with Gasteiger partial charge >= 0.3 is 18.3 Å². The van der Waals surface area contributed by atoms with Crippen LogP contribution in [0, 0.1) is 13.8 Å². The van der Waals surface area contributed by atoms with Crippen LogP contribution < -0.4 is 4.74 Å². The van der Waals surface area contributed by atoms with Gasteiger partial charge in [-0.15, -0.1) is 0 Å². The number of benzene rings is 2. The summed E-state index contributed by atoms with van der Waals surface area (Å²) in [4.78, 5) is 12.1. The summed E-state index contributed by atoms with van der Waals surface area (Å²) in [5.74, 6) is -1.57. The number of alkyl halides is 6. The summed E-state index contributed by atoms with van der Waals surface area (Å²) in [6.45, 7) is 3.47. The molecule has 0 saturated carbocycles. The number of ether oxygens (including phenoxy) is 1. The van der Waals surface area contributed by atoms with E-state index in [4.69, 9.17) is 4.74 Å². The van der Waals surface area contributed by atoms with E-state index in [1.165, 1.54) is 12.1 Å². The largest absolute Gasteiger partial charge is 0.423 e. The van der Waals surface area contributed by atoms with Gasteiger partial charge in [0.2, 0.25) is 0 Å². The van der Waals surface area contributed by atoms with Crippen LogP contribution in [0.3, 0.4) is 0 Å². The van der Waals surface area contributed by atoms with E-state index in [1.54, 1.807) is 19.9 Å². The molecule has 0 bridgehead atoms. The Morgan fingerprint density at radius 3 is 2.00 bits per heavy atom. The highest BCUT2D eigenvalue weighted by atomic mass is 19.4. The second-order valence-electron chi connectivity index (χ2n) is 5.39. The molecule has 0 saturated heterocycles. The van der Waals surface area contributed by atoms with Crippen molar-refractivity contribution in [2.45, 2.75) is 26.2 Å². The van der Waals surface area contributed by atoms with Crippen molar-refractivity contribution >= 4 is 5.97 Å². The van der Waals surface area contributed by atoms with E-state index >= 15 is 0 Å². The smallest absolute Gasteiger partial charge is 0.417 e. The first-order valence-electron chi connectivity index (χ1n) is 6.97. The van der Waals surface area contributed by atoms with Gasteiger partial charge in [0.1, 0.15) is 5.75 Å². The van der Waals surface area contributed by atoms with Gasteiger partial charge in [0.25, 0.3) is 0 Å². The Bertz CT molecular complexity index is 806. The van der Waals surface area contributed by atoms with Crippen molar-refractivity contribution in [3.63, 3.8) is 0 Å². The molecular formula is C17H12F6O2. The fourth-order valence-electron chi connectivity index (χ4n) is 2.08. The molecule has 2 aromatic rings. The molecule has 8 heteroatoms. The zero-order valence-electron chi connectivity index (χ0n) is 13.0. The van der Waals surface area contributed by atoms with Gasteiger partial charge in [-0.2, -0.15) is 26.3 Å². The van der Waals surface area contributed by atoms with E-state index in [1.807, 2.05) is 0 Å². The summed E-state index contributed by atoms with van der Waals surface area (Å²) in [5.41, 5.74) is -2.48. The number of esters is 1. The van der Waals surface area contributed by atoms with Crippen LogP contribution in [0.1, 0.15) is 32.6 Å². The number of hydrogen-bond acceptors (Lipinski definition) is 2. The Morgan fingerprint density at radius 2 is 1.48 bits per heavy atom. The van der Waals surface area contributed by atoms with Gasteiger partial charge in [-0.3, -0.25) is 0 Å². The predicted molar refractivity (Wildman–Crippen MR) is 77.3 cm³/mol. The summed E-state index contributed by atoms with van der Waals surface area (Å²) in [7, 11) is 0. The standard InChI is InChI=1S/C17H12F6O2/c1-9-3-5-12(7-10(9)2)25-15(24)13-8-11(16(18,19)20)4-6-14(13)17(21,22)23/h3-8H,1-2H3. The third-order valence-corrected chi connectivity index (χ3v) is 3.56. The molecule has 2 rings (SSSR count). The van der Waals surface area contributed by atoms with E-state index in [0.717, 1.165) is 5.56 Å². The molecule has 0 heterocycles. The number of rotatable bonds is 2. The summed E-state index contributed by atoms with van der Waals surface area (Å²) in [6, 6.07) is 4.98. The molecule has 0 atom stereocenters. The highest BCUT2D eigenvalue weighted by molar-refractivity contribution is 5.93. The van der Waals surface area contributed by atoms with Gasteiger partial charge in [-0.1, -0.05) is 6.07 Å². The quantitative estimate of drug-likeness (QED) is 0.397. The van der Waals surface area contributed by atoms with Crippen molar-refractivity contribution in [2.75, 3.05) is 0 Å². The third-order valence-electron chi connectivity index (χ3n) is 3.56. The Hall–Kier alpha value is -2.51. The van der Waals surface area contributed by atoms with Crippen molar-refractivity contribution in [3.8, 4) is 5.75 Å². The number of hydrogen-bond donors (Lipinski definition) is 0. The minimum absolute atomic E-state index is 0.0568. The van der Waals surface area contributed by atoms with Gasteiger partial charge in [0, 0.05) is 0 Å². The summed E-state index contributed by atoms with van der Waals surface area (Å²) < 4.78 is 82.1. The van der Waals surface area contributed by atoms with E-state index in [2.05, 4.69) is 0 Å². The maximum atomic E-state index is 13.0. The second-order valence-corrected chi connectivity index (χ2v) is 5.39. The lowest BCUT2D eigenvalue weighted by Gasteiger charge is -2.15. The molecule has 0 aromatic heterocycles. The van der Waals surface area contributed by atoms with Crippen LogP contribution in [0.25, 0.3) is 0 Å². The SMILES string of the molecule is Cc1ccc(OC(=O)c2cc(C(F)(F)F)ccc2C(F)(F)F)cc1C. The van der Waals surface area contributed by atoms with Crippen LogP contribution in [0.15, 0.2) is 36.4 Å². The average Bonchev–Trinajstić information content (AvgIpc) is 2.48. The molecule has 0 N–H and O–H groups in total. The topological polar surface area (TPSA) is 26.3 Å². The first-order chi connectivity index (χ1) is 11.4. The lowest BCUT2D eigenvalue weighted by atomic mass is 10.0. The van der Waals surface area contributed by atoms with Gasteiger partial charge in [-0.05, 0) is 55.3 Å². The second kappa shape index (κ2) is 6.42. The molecule has 0 unspecified atom stereocenters. The predicted octanol–water partition coefficient (Wildman–Crippen LogP) is 5.56. The molecule has 0 amide bonds. The Balaban J connectivity index is 2.46. The van der Waals surface area contributed by atoms with Crippen LogP contribution in [0.4, 0.5) is 26.3 Å². The fraction of sp³-hybridized carbons (Fsp3) is 0.235. The van der Waals surface area contributed by atoms with Gasteiger partial charge in [0.15, 0.2) is 0 Å². The van der Waals surface area contributed by atoms with Crippen molar-refractivity contribution in [3.05, 3.63) is 64.2 Å². The van der Waals surface area contributed by atoms with Crippen molar-refractivity contribution in [1.29, 1.82) is 0 Å². The highest BCUT2D eigenvalue weighted by Gasteiger charge is 2.39. The molecular weight excluding hydrogens is 350 g/mol. The maximum absolute atomic E-state index is 13.0. The average molecular weight is 362 g/mol. The maximum Gasteiger partial charge on any atom is 0.417 e. The minimum Gasteiger partial charge on any atom is -0.423 e. The van der Waals surface area contributed by atoms with E-state index in [0.29, 0.717) is 5.56 Å². The molecule has 0 spiro atoms. The summed E-state index contributed by atoms with van der Waals surface area (Å²) >= 11 is 0. The van der Waals surface area contributed by atoms with Crippen molar-refractivity contribution < 1.29 is 35.9 Å². The number of aryl methyl sites for hydroxylation is 2. The highest BCUT2D eigenvalue weighted by Crippen LogP contribution is 2.37. The van der Waals surface area contributed by atoms with Gasteiger partial charge in [-0.25, -0.2) is 4.79 Å². The Labute approximate surface area is 139 Å². The minimum atomic E-state index is -5.00. The first-order valence-corrected chi connectivity index (χ1v) is 6.97. The van der Waals surface area contributed by atoms with E-state index in [-0.39, 0.29) is 23.9 Å². The molecule has 0 aliphatic heterocycles. The van der Waals surface area contributed by atoms with E-state index < -0.39 is 35.0 Å². The molecule has 2 nitrogen and oxygen atoms in total. The molecule has 0 radical (unpaired) electrons. The molecule has 25 heavy (non-hydrogen) atoms. The molecule has 0 aliphatic rings. The Kier molecular flexibility index (Phi) is 4.83. The molecule has 0 fully saturated rings. The number of carbonyl (C=O) groups excluding carboxylic acids is 1. The van der Waals surface area contributed by atoms with E-state index in [9.17, 15) is 31.1 Å². The molecule has 0 aliphatic carbocycles. The lowest BCUT2D eigenvalue weighted by molar-refractivity contribution is -0.141.